The summed E-state index contributed by atoms with van der Waals surface area (Å²) in [5, 5.41) is 20.6. The van der Waals surface area contributed by atoms with Crippen LogP contribution in [0.15, 0.2) is 11.6 Å². The van der Waals surface area contributed by atoms with Gasteiger partial charge in [0.15, 0.2) is 0 Å². The molecule has 5 nitrogen and oxygen atoms in total. The van der Waals surface area contributed by atoms with E-state index in [0.29, 0.717) is 38.6 Å². The number of carbonyl (C=O) groups is 3. The van der Waals surface area contributed by atoms with Gasteiger partial charge in [0.25, 0.3) is 0 Å². The van der Waals surface area contributed by atoms with E-state index in [9.17, 15) is 24.6 Å². The molecular weight excluding hydrogens is 539 g/mol. The Balaban J connectivity index is 1.77. The molecule has 0 saturated heterocycles. The molecule has 0 aromatic rings. The van der Waals surface area contributed by atoms with Gasteiger partial charge < -0.3 is 0 Å². The molecule has 0 heterocycles. The van der Waals surface area contributed by atoms with Gasteiger partial charge in [0, 0.05) is 0 Å². The summed E-state index contributed by atoms with van der Waals surface area (Å²) in [7, 11) is 0. The van der Waals surface area contributed by atoms with Crippen molar-refractivity contribution >= 4 is 43.1 Å². The van der Waals surface area contributed by atoms with Gasteiger partial charge in [0.2, 0.25) is 0 Å². The molecule has 6 heteroatoms. The molecule has 4 rings (SSSR count). The molecular formula is C21H28O5Pb. The number of aliphatic hydroxyl groups excluding tert-OH is 1. The molecule has 3 fully saturated rings. The van der Waals surface area contributed by atoms with Crippen molar-refractivity contribution < 1.29 is 24.6 Å². The number of rotatable bonds is 2. The summed E-state index contributed by atoms with van der Waals surface area (Å²) in [5.41, 5.74) is -1.48. The quantitative estimate of drug-likeness (QED) is 0.491. The van der Waals surface area contributed by atoms with Gasteiger partial charge in [-0.3, -0.25) is 0 Å². The Morgan fingerprint density at radius 2 is 2.00 bits per heavy atom. The first-order valence-corrected chi connectivity index (χ1v) is 12.6. The number of fused-ring (bicyclic) bond motifs is 5. The summed E-state index contributed by atoms with van der Waals surface area (Å²) < 4.78 is 0.283. The Morgan fingerprint density at radius 3 is 2.67 bits per heavy atom. The molecule has 0 aliphatic heterocycles. The van der Waals surface area contributed by atoms with Gasteiger partial charge in [-0.15, -0.1) is 0 Å². The Labute approximate surface area is 175 Å². The van der Waals surface area contributed by atoms with Gasteiger partial charge >= 0.3 is 176 Å². The van der Waals surface area contributed by atoms with Crippen molar-refractivity contribution in [3.05, 3.63) is 11.6 Å². The van der Waals surface area contributed by atoms with Crippen LogP contribution in [0.4, 0.5) is 0 Å². The predicted molar refractivity (Wildman–Crippen MR) is 100 cm³/mol. The van der Waals surface area contributed by atoms with Crippen molar-refractivity contribution in [2.75, 3.05) is 6.61 Å². The third-order valence-corrected chi connectivity index (χ3v) is 12.2. The Kier molecular flexibility index (Phi) is 4.64. The monoisotopic (exact) mass is 568 g/mol. The molecule has 4 aliphatic rings. The molecule has 4 aliphatic carbocycles. The number of hydrogen-bond acceptors (Lipinski definition) is 5. The molecule has 1 unspecified atom stereocenters. The van der Waals surface area contributed by atoms with E-state index in [2.05, 4.69) is 6.92 Å². The fourth-order valence-corrected chi connectivity index (χ4v) is 9.63. The van der Waals surface area contributed by atoms with E-state index in [-0.39, 0.29) is 44.6 Å². The molecule has 0 amide bonds. The number of hydrogen-bond donors (Lipinski definition) is 2. The summed E-state index contributed by atoms with van der Waals surface area (Å²) in [6.45, 7) is 3.38. The van der Waals surface area contributed by atoms with Crippen molar-refractivity contribution in [2.45, 2.75) is 61.5 Å². The third-order valence-electron chi connectivity index (χ3n) is 8.63. The average Bonchev–Trinajstić information content (AvgIpc) is 2.87. The fraction of sp³-hybridized carbons (Fsp3) is 0.762. The van der Waals surface area contributed by atoms with Gasteiger partial charge in [-0.25, -0.2) is 0 Å². The van der Waals surface area contributed by atoms with Crippen molar-refractivity contribution in [3.63, 3.8) is 0 Å². The summed E-state index contributed by atoms with van der Waals surface area (Å²) in [6, 6.07) is 0. The van der Waals surface area contributed by atoms with Crippen LogP contribution in [-0.4, -0.2) is 65.5 Å². The van der Waals surface area contributed by atoms with E-state index in [1.54, 1.807) is 6.08 Å². The van der Waals surface area contributed by atoms with Crippen molar-refractivity contribution in [1.82, 2.24) is 0 Å². The standard InChI is InChI=1S/C21H27O5.Pb.H/c1-19-7-5-13(23)9-12(19)3-4-14-15-6-8-21(26,17(25)11-22)20(15,2)10-16(24)18(14)19;;/h7,9,14-15,18,22,26H,3-6,8,10-11H2,1-2H3;;/t14-,15-,18+,19-,20-,21-;;/m0../s1. The zero-order valence-corrected chi connectivity index (χ0v) is 20.5. The second kappa shape index (κ2) is 6.29. The van der Waals surface area contributed by atoms with Crippen LogP contribution in [0, 0.1) is 28.6 Å². The third kappa shape index (κ3) is 2.43. The molecule has 2 N–H and O–H groups in total. The van der Waals surface area contributed by atoms with Crippen LogP contribution in [0.25, 0.3) is 0 Å². The van der Waals surface area contributed by atoms with Crippen LogP contribution < -0.4 is 0 Å². The maximum absolute atomic E-state index is 13.5. The molecule has 0 aromatic heterocycles. The molecule has 7 atom stereocenters. The molecule has 146 valence electrons. The van der Waals surface area contributed by atoms with E-state index in [1.165, 1.54) is 0 Å². The minimum absolute atomic E-state index is 0.105. The number of allylic oxidation sites excluding steroid dienone is 1. The number of ketones is 3. The molecule has 0 bridgehead atoms. The Morgan fingerprint density at radius 1 is 1.30 bits per heavy atom. The zero-order chi connectivity index (χ0) is 19.8. The van der Waals surface area contributed by atoms with E-state index < -0.39 is 23.4 Å². The van der Waals surface area contributed by atoms with E-state index in [4.69, 9.17) is 0 Å². The summed E-state index contributed by atoms with van der Waals surface area (Å²) >= 11 is 0.629. The van der Waals surface area contributed by atoms with Gasteiger partial charge in [-0.2, -0.15) is 0 Å². The van der Waals surface area contributed by atoms with Crippen molar-refractivity contribution in [1.29, 1.82) is 0 Å². The fourth-order valence-electron chi connectivity index (χ4n) is 7.09. The second-order valence-corrected chi connectivity index (χ2v) is 12.7. The summed E-state index contributed by atoms with van der Waals surface area (Å²) in [6.07, 6.45) is 5.26. The number of carbonyl (C=O) groups excluding carboxylic acids is 3. The van der Waals surface area contributed by atoms with Crippen LogP contribution in [0.5, 0.6) is 0 Å². The second-order valence-electron chi connectivity index (χ2n) is 9.56. The first kappa shape index (κ1) is 19.9. The van der Waals surface area contributed by atoms with Gasteiger partial charge in [-0.05, 0) is 0 Å². The molecule has 3 saturated carbocycles. The SMILES string of the molecule is C[C@]12CC(=O)[C@H]3[C@@H](CCC4=CC(=O)C[CH]([PbH])[C@@]43C)[C@@H]1CC[C@]2(O)C(=O)CO. The topological polar surface area (TPSA) is 91.7 Å². The Bertz CT molecular complexity index is 760. The van der Waals surface area contributed by atoms with Crippen molar-refractivity contribution in [3.8, 4) is 0 Å². The average molecular weight is 568 g/mol. The summed E-state index contributed by atoms with van der Waals surface area (Å²) in [5.74, 6) is -0.0670. The predicted octanol–water partition coefficient (Wildman–Crippen LogP) is 1.29. The Hall–Kier alpha value is -0.408. The van der Waals surface area contributed by atoms with Crippen LogP contribution >= 0.6 is 0 Å². The van der Waals surface area contributed by atoms with Crippen LogP contribution in [-0.2, 0) is 14.4 Å². The number of aliphatic hydroxyl groups is 2. The van der Waals surface area contributed by atoms with Crippen molar-refractivity contribution in [2.24, 2.45) is 28.6 Å². The molecule has 27 heavy (non-hydrogen) atoms. The van der Waals surface area contributed by atoms with E-state index >= 15 is 0 Å². The van der Waals surface area contributed by atoms with Crippen LogP contribution in [0.1, 0.15) is 52.4 Å². The van der Waals surface area contributed by atoms with Crippen LogP contribution in [0.2, 0.25) is 3.48 Å². The van der Waals surface area contributed by atoms with Crippen LogP contribution in [0.3, 0.4) is 0 Å². The van der Waals surface area contributed by atoms with Gasteiger partial charge in [0.1, 0.15) is 0 Å². The van der Waals surface area contributed by atoms with Gasteiger partial charge in [-0.1, -0.05) is 0 Å². The first-order chi connectivity index (χ1) is 12.6. The summed E-state index contributed by atoms with van der Waals surface area (Å²) in [4.78, 5) is 38.0. The minimum atomic E-state index is -1.60. The maximum atomic E-state index is 13.5. The zero-order valence-electron chi connectivity index (χ0n) is 16.0. The normalized spacial score (nSPS) is 49.1. The molecule has 0 spiro atoms. The van der Waals surface area contributed by atoms with E-state index in [0.717, 1.165) is 24.8 Å². The number of Topliss-reactive ketones (excluding diaryl/α,β-unsaturated/α-hetero) is 2. The molecule has 2 radical (unpaired) electrons. The van der Waals surface area contributed by atoms with Gasteiger partial charge in [0.05, 0.1) is 0 Å². The first-order valence-electron chi connectivity index (χ1n) is 9.98. The van der Waals surface area contributed by atoms with E-state index in [1.807, 2.05) is 6.92 Å². The molecule has 0 aromatic carbocycles.